The minimum absolute atomic E-state index is 0.000449. The Morgan fingerprint density at radius 1 is 1.03 bits per heavy atom. The average molecular weight is 467 g/mol. The van der Waals surface area contributed by atoms with Gasteiger partial charge >= 0.3 is 0 Å². The molecule has 0 atom stereocenters. The van der Waals surface area contributed by atoms with E-state index in [0.29, 0.717) is 11.4 Å². The molecule has 0 bridgehead atoms. The standard InChI is InChI=1S/C25H30N4O3S/c1-4-33(30,31)28-22-13-20(14-24(16-22)32-3)25-15-21(17-27-18(25)2)19-5-7-23(8-6-19)29-11-9-26-10-12-29/h5-8,13-17,26,28H,4,9-12H2,1-3H3. The minimum Gasteiger partial charge on any atom is -0.497 e. The van der Waals surface area contributed by atoms with Gasteiger partial charge in [-0.3, -0.25) is 9.71 Å². The molecule has 174 valence electrons. The van der Waals surface area contributed by atoms with E-state index in [2.05, 4.69) is 50.3 Å². The molecule has 1 fully saturated rings. The molecule has 4 rings (SSSR count). The van der Waals surface area contributed by atoms with Crippen LogP contribution in [0.2, 0.25) is 0 Å². The maximum absolute atomic E-state index is 12.1. The maximum Gasteiger partial charge on any atom is 0.232 e. The number of ether oxygens (including phenoxy) is 1. The molecule has 0 amide bonds. The molecule has 0 saturated carbocycles. The third-order valence-corrected chi connectivity index (χ3v) is 7.18. The predicted octanol–water partition coefficient (Wildman–Crippen LogP) is 3.90. The Labute approximate surface area is 195 Å². The number of nitrogens with one attached hydrogen (secondary N) is 2. The third-order valence-electron chi connectivity index (χ3n) is 5.88. The summed E-state index contributed by atoms with van der Waals surface area (Å²) in [4.78, 5) is 7.01. The maximum atomic E-state index is 12.1. The molecule has 0 aliphatic carbocycles. The van der Waals surface area contributed by atoms with Gasteiger partial charge in [0.15, 0.2) is 0 Å². The van der Waals surface area contributed by atoms with Crippen LogP contribution in [-0.4, -0.2) is 52.4 Å². The Morgan fingerprint density at radius 2 is 1.76 bits per heavy atom. The van der Waals surface area contributed by atoms with Crippen LogP contribution in [0.25, 0.3) is 22.3 Å². The lowest BCUT2D eigenvalue weighted by Gasteiger charge is -2.29. The number of sulfonamides is 1. The summed E-state index contributed by atoms with van der Waals surface area (Å²) in [6.45, 7) is 7.58. The molecular formula is C25H30N4O3S. The average Bonchev–Trinajstić information content (AvgIpc) is 2.84. The molecule has 0 unspecified atom stereocenters. The summed E-state index contributed by atoms with van der Waals surface area (Å²) in [5.41, 5.74) is 6.40. The molecule has 1 aliphatic heterocycles. The van der Waals surface area contributed by atoms with E-state index in [4.69, 9.17) is 4.74 Å². The fourth-order valence-corrected chi connectivity index (χ4v) is 4.58. The van der Waals surface area contributed by atoms with Gasteiger partial charge in [0.25, 0.3) is 0 Å². The Morgan fingerprint density at radius 3 is 2.42 bits per heavy atom. The molecule has 1 aliphatic rings. The van der Waals surface area contributed by atoms with E-state index in [-0.39, 0.29) is 5.75 Å². The number of anilines is 2. The number of pyridine rings is 1. The predicted molar refractivity (Wildman–Crippen MR) is 135 cm³/mol. The summed E-state index contributed by atoms with van der Waals surface area (Å²) in [5.74, 6) is 0.575. The van der Waals surface area contributed by atoms with Gasteiger partial charge in [0.2, 0.25) is 10.0 Å². The normalized spacial score (nSPS) is 14.2. The summed E-state index contributed by atoms with van der Waals surface area (Å²) in [6.07, 6.45) is 1.87. The lowest BCUT2D eigenvalue weighted by atomic mass is 9.98. The lowest BCUT2D eigenvalue weighted by Crippen LogP contribution is -2.43. The van der Waals surface area contributed by atoms with E-state index in [1.165, 1.54) is 5.69 Å². The van der Waals surface area contributed by atoms with Crippen molar-refractivity contribution in [1.82, 2.24) is 10.3 Å². The second-order valence-electron chi connectivity index (χ2n) is 8.10. The molecule has 0 radical (unpaired) electrons. The van der Waals surface area contributed by atoms with Crippen molar-refractivity contribution in [2.75, 3.05) is 48.7 Å². The van der Waals surface area contributed by atoms with Crippen molar-refractivity contribution < 1.29 is 13.2 Å². The summed E-state index contributed by atoms with van der Waals surface area (Å²) < 4.78 is 32.2. The van der Waals surface area contributed by atoms with Gasteiger partial charge in [-0.05, 0) is 55.3 Å². The number of aryl methyl sites for hydroxylation is 1. The molecule has 2 heterocycles. The number of hydrogen-bond donors (Lipinski definition) is 2. The summed E-state index contributed by atoms with van der Waals surface area (Å²) in [7, 11) is -1.83. The summed E-state index contributed by atoms with van der Waals surface area (Å²) in [5, 5.41) is 3.38. The van der Waals surface area contributed by atoms with Gasteiger partial charge in [0.05, 0.1) is 18.6 Å². The molecule has 33 heavy (non-hydrogen) atoms. The summed E-state index contributed by atoms with van der Waals surface area (Å²) in [6, 6.07) is 16.0. The van der Waals surface area contributed by atoms with Gasteiger partial charge in [-0.15, -0.1) is 0 Å². The van der Waals surface area contributed by atoms with Gasteiger partial charge in [0, 0.05) is 61.0 Å². The third kappa shape index (κ3) is 5.46. The highest BCUT2D eigenvalue weighted by Gasteiger charge is 2.14. The first kappa shape index (κ1) is 23.1. The molecular weight excluding hydrogens is 436 g/mol. The van der Waals surface area contributed by atoms with Crippen molar-refractivity contribution in [3.63, 3.8) is 0 Å². The highest BCUT2D eigenvalue weighted by Crippen LogP contribution is 2.33. The fraction of sp³-hybridized carbons (Fsp3) is 0.320. The lowest BCUT2D eigenvalue weighted by molar-refractivity contribution is 0.415. The highest BCUT2D eigenvalue weighted by molar-refractivity contribution is 7.92. The number of aromatic nitrogens is 1. The van der Waals surface area contributed by atoms with Gasteiger partial charge in [-0.2, -0.15) is 0 Å². The fourth-order valence-electron chi connectivity index (χ4n) is 3.95. The number of benzene rings is 2. The number of rotatable bonds is 7. The van der Waals surface area contributed by atoms with Crippen LogP contribution in [0.5, 0.6) is 5.75 Å². The van der Waals surface area contributed by atoms with Crippen LogP contribution in [0.3, 0.4) is 0 Å². The van der Waals surface area contributed by atoms with Crippen LogP contribution in [0, 0.1) is 6.92 Å². The highest BCUT2D eigenvalue weighted by atomic mass is 32.2. The topological polar surface area (TPSA) is 83.6 Å². The first-order chi connectivity index (χ1) is 15.9. The number of methoxy groups -OCH3 is 1. The molecule has 0 spiro atoms. The van der Waals surface area contributed by atoms with Crippen LogP contribution in [0.15, 0.2) is 54.7 Å². The zero-order chi connectivity index (χ0) is 23.4. The second kappa shape index (κ2) is 9.80. The van der Waals surface area contributed by atoms with Crippen LogP contribution >= 0.6 is 0 Å². The van der Waals surface area contributed by atoms with E-state index >= 15 is 0 Å². The van der Waals surface area contributed by atoms with Gasteiger partial charge in [-0.1, -0.05) is 12.1 Å². The SMILES string of the molecule is CCS(=O)(=O)Nc1cc(OC)cc(-c2cc(-c3ccc(N4CCNCC4)cc3)cnc2C)c1. The molecule has 1 saturated heterocycles. The van der Waals surface area contributed by atoms with E-state index in [9.17, 15) is 8.42 Å². The zero-order valence-electron chi connectivity index (χ0n) is 19.3. The zero-order valence-corrected chi connectivity index (χ0v) is 20.1. The first-order valence-corrected chi connectivity index (χ1v) is 12.8. The van der Waals surface area contributed by atoms with Crippen molar-refractivity contribution in [3.05, 3.63) is 60.4 Å². The number of hydrogen-bond acceptors (Lipinski definition) is 6. The smallest absolute Gasteiger partial charge is 0.232 e. The summed E-state index contributed by atoms with van der Waals surface area (Å²) >= 11 is 0. The molecule has 7 nitrogen and oxygen atoms in total. The van der Waals surface area contributed by atoms with Crippen molar-refractivity contribution in [2.45, 2.75) is 13.8 Å². The Bertz CT molecular complexity index is 1220. The van der Waals surface area contributed by atoms with Crippen LogP contribution in [-0.2, 0) is 10.0 Å². The largest absolute Gasteiger partial charge is 0.497 e. The van der Waals surface area contributed by atoms with E-state index in [1.807, 2.05) is 25.3 Å². The Kier molecular flexibility index (Phi) is 6.85. The van der Waals surface area contributed by atoms with E-state index < -0.39 is 10.0 Å². The monoisotopic (exact) mass is 466 g/mol. The van der Waals surface area contributed by atoms with Crippen molar-refractivity contribution in [2.24, 2.45) is 0 Å². The van der Waals surface area contributed by atoms with Gasteiger partial charge < -0.3 is 15.0 Å². The Balaban J connectivity index is 1.67. The molecule has 1 aromatic heterocycles. The molecule has 2 N–H and O–H groups in total. The quantitative estimate of drug-likeness (QED) is 0.549. The van der Waals surface area contributed by atoms with Crippen LogP contribution in [0.4, 0.5) is 11.4 Å². The number of nitrogens with zero attached hydrogens (tertiary/aromatic N) is 2. The van der Waals surface area contributed by atoms with Crippen molar-refractivity contribution >= 4 is 21.4 Å². The van der Waals surface area contributed by atoms with E-state index in [0.717, 1.165) is 54.1 Å². The van der Waals surface area contributed by atoms with Crippen molar-refractivity contribution in [3.8, 4) is 28.0 Å². The second-order valence-corrected chi connectivity index (χ2v) is 10.1. The van der Waals surface area contributed by atoms with Crippen molar-refractivity contribution in [1.29, 1.82) is 0 Å². The van der Waals surface area contributed by atoms with E-state index in [1.54, 1.807) is 20.1 Å². The molecule has 3 aromatic rings. The van der Waals surface area contributed by atoms with Crippen LogP contribution in [0.1, 0.15) is 12.6 Å². The van der Waals surface area contributed by atoms with Crippen LogP contribution < -0.4 is 19.7 Å². The number of piperazine rings is 1. The molecule has 8 heteroatoms. The van der Waals surface area contributed by atoms with Gasteiger partial charge in [-0.25, -0.2) is 8.42 Å². The first-order valence-electron chi connectivity index (χ1n) is 11.1. The Hall–Kier alpha value is -3.10. The molecule has 2 aromatic carbocycles. The van der Waals surface area contributed by atoms with Gasteiger partial charge in [0.1, 0.15) is 5.75 Å². The minimum atomic E-state index is -3.40.